The number of para-hydroxylation sites is 1. The van der Waals surface area contributed by atoms with Crippen LogP contribution in [0, 0.1) is 26.7 Å². The Balaban J connectivity index is 1.47. The van der Waals surface area contributed by atoms with E-state index in [0.717, 1.165) is 44.0 Å². The van der Waals surface area contributed by atoms with Crippen LogP contribution in [0.3, 0.4) is 0 Å². The van der Waals surface area contributed by atoms with Crippen LogP contribution in [0.15, 0.2) is 48.6 Å². The Morgan fingerprint density at radius 1 is 1.09 bits per heavy atom. The molecular weight excluding hydrogens is 418 g/mol. The maximum absolute atomic E-state index is 13.4. The second-order valence-corrected chi connectivity index (χ2v) is 9.75. The Morgan fingerprint density at radius 2 is 1.78 bits per heavy atom. The Labute approximate surface area is 193 Å². The van der Waals surface area contributed by atoms with E-state index in [2.05, 4.69) is 35.7 Å². The second kappa shape index (κ2) is 9.25. The van der Waals surface area contributed by atoms with Gasteiger partial charge in [-0.2, -0.15) is 0 Å². The smallest absolute Gasteiger partial charge is 0.243 e. The highest BCUT2D eigenvalue weighted by atomic mass is 32.1. The summed E-state index contributed by atoms with van der Waals surface area (Å²) in [5.74, 6) is -0.358. The number of carbonyl (C=O) groups is 2. The minimum atomic E-state index is -0.207. The number of anilines is 1. The Morgan fingerprint density at radius 3 is 2.50 bits per heavy atom. The van der Waals surface area contributed by atoms with Gasteiger partial charge in [0.25, 0.3) is 0 Å². The van der Waals surface area contributed by atoms with Gasteiger partial charge in [0.1, 0.15) is 0 Å². The average Bonchev–Trinajstić information content (AvgIpc) is 3.20. The maximum atomic E-state index is 13.4. The molecule has 3 aromatic rings. The van der Waals surface area contributed by atoms with E-state index < -0.39 is 0 Å². The van der Waals surface area contributed by atoms with E-state index in [0.29, 0.717) is 6.42 Å². The molecule has 1 aliphatic rings. The van der Waals surface area contributed by atoms with Crippen molar-refractivity contribution in [1.29, 1.82) is 0 Å². The number of benzene rings is 2. The first kappa shape index (κ1) is 22.2. The quantitative estimate of drug-likeness (QED) is 0.535. The predicted molar refractivity (Wildman–Crippen MR) is 131 cm³/mol. The molecule has 32 heavy (non-hydrogen) atoms. The summed E-state index contributed by atoms with van der Waals surface area (Å²) in [6.45, 7) is 6.04. The number of carbonyl (C=O) groups excluding carboxylic acids is 2. The van der Waals surface area contributed by atoms with Crippen LogP contribution in [0.1, 0.15) is 40.5 Å². The van der Waals surface area contributed by atoms with Gasteiger partial charge in [0.15, 0.2) is 0 Å². The number of hydrogen-bond acceptors (Lipinski definition) is 4. The Hall–Kier alpha value is -2.99. The molecule has 166 valence electrons. The van der Waals surface area contributed by atoms with Crippen LogP contribution in [0.5, 0.6) is 0 Å². The summed E-state index contributed by atoms with van der Waals surface area (Å²) in [4.78, 5) is 32.5. The minimum absolute atomic E-state index is 0.00824. The lowest BCUT2D eigenvalue weighted by molar-refractivity contribution is -0.137. The number of rotatable bonds is 5. The van der Waals surface area contributed by atoms with Crippen molar-refractivity contribution >= 4 is 39.1 Å². The summed E-state index contributed by atoms with van der Waals surface area (Å²) in [6, 6.07) is 12.2. The lowest BCUT2D eigenvalue weighted by Crippen LogP contribution is -2.40. The molecule has 0 fully saturated rings. The van der Waals surface area contributed by atoms with Crippen LogP contribution >= 0.6 is 11.3 Å². The van der Waals surface area contributed by atoms with Gasteiger partial charge in [-0.05, 0) is 56.9 Å². The third kappa shape index (κ3) is 4.60. The monoisotopic (exact) mass is 447 g/mol. The van der Waals surface area contributed by atoms with Gasteiger partial charge in [-0.15, -0.1) is 11.3 Å². The van der Waals surface area contributed by atoms with Gasteiger partial charge < -0.3 is 10.2 Å². The first-order valence-electron chi connectivity index (χ1n) is 11.0. The standard InChI is InChI=1S/C26H29N3O2S/c1-16-13-17(2)24(18(3)14-16)28-23(30)15-29(4)26(31)20-10-6-5-9-19(20)25-27-21-11-7-8-12-22(21)32-25/h5-8,11-14,19-20H,9-10,15H2,1-4H3,(H,28,30)/t19-,20-/m0/s1. The summed E-state index contributed by atoms with van der Waals surface area (Å²) < 4.78 is 1.14. The molecule has 0 radical (unpaired) electrons. The molecule has 2 aromatic carbocycles. The number of aromatic nitrogens is 1. The van der Waals surface area contributed by atoms with Gasteiger partial charge in [0.2, 0.25) is 11.8 Å². The molecule has 0 aliphatic heterocycles. The highest BCUT2D eigenvalue weighted by Crippen LogP contribution is 2.39. The van der Waals surface area contributed by atoms with Crippen molar-refractivity contribution in [2.75, 3.05) is 18.9 Å². The fraction of sp³-hybridized carbons (Fsp3) is 0.346. The normalized spacial score (nSPS) is 18.0. The molecular formula is C26H29N3O2S. The Bertz CT molecular complexity index is 1140. The van der Waals surface area contributed by atoms with E-state index >= 15 is 0 Å². The van der Waals surface area contributed by atoms with Crippen molar-refractivity contribution in [2.45, 2.75) is 39.5 Å². The minimum Gasteiger partial charge on any atom is -0.336 e. The van der Waals surface area contributed by atoms with Crippen molar-refractivity contribution in [2.24, 2.45) is 5.92 Å². The summed E-state index contributed by atoms with van der Waals surface area (Å²) in [5, 5.41) is 4.00. The lowest BCUT2D eigenvalue weighted by Gasteiger charge is -2.29. The van der Waals surface area contributed by atoms with Crippen LogP contribution < -0.4 is 5.32 Å². The van der Waals surface area contributed by atoms with Crippen molar-refractivity contribution in [3.05, 3.63) is 70.2 Å². The van der Waals surface area contributed by atoms with Crippen LogP contribution in [0.2, 0.25) is 0 Å². The maximum Gasteiger partial charge on any atom is 0.243 e. The SMILES string of the molecule is Cc1cc(C)c(NC(=O)CN(C)C(=O)[C@H]2CC=CC[C@@H]2c2nc3ccccc3s2)c(C)c1. The zero-order valence-corrected chi connectivity index (χ0v) is 19.8. The molecule has 1 aromatic heterocycles. The summed E-state index contributed by atoms with van der Waals surface area (Å²) in [5.41, 5.74) is 5.02. The molecule has 5 nitrogen and oxygen atoms in total. The molecule has 0 bridgehead atoms. The molecule has 4 rings (SSSR count). The molecule has 1 N–H and O–H groups in total. The topological polar surface area (TPSA) is 62.3 Å². The first-order valence-corrected chi connectivity index (χ1v) is 11.8. The van der Waals surface area contributed by atoms with Crippen LogP contribution in [0.4, 0.5) is 5.69 Å². The van der Waals surface area contributed by atoms with Crippen molar-refractivity contribution in [1.82, 2.24) is 9.88 Å². The second-order valence-electron chi connectivity index (χ2n) is 8.69. The van der Waals surface area contributed by atoms with E-state index in [1.165, 1.54) is 0 Å². The van der Waals surface area contributed by atoms with Crippen LogP contribution in [-0.2, 0) is 9.59 Å². The summed E-state index contributed by atoms with van der Waals surface area (Å²) >= 11 is 1.66. The zero-order chi connectivity index (χ0) is 22.8. The van der Waals surface area contributed by atoms with Gasteiger partial charge >= 0.3 is 0 Å². The highest BCUT2D eigenvalue weighted by molar-refractivity contribution is 7.18. The zero-order valence-electron chi connectivity index (χ0n) is 19.0. The number of allylic oxidation sites excluding steroid dienone is 2. The third-order valence-corrected chi connectivity index (χ3v) is 7.24. The van der Waals surface area contributed by atoms with Crippen LogP contribution in [0.25, 0.3) is 10.2 Å². The fourth-order valence-corrected chi connectivity index (χ4v) is 5.69. The average molecular weight is 448 g/mol. The van der Waals surface area contributed by atoms with Crippen LogP contribution in [-0.4, -0.2) is 35.3 Å². The van der Waals surface area contributed by atoms with Gasteiger partial charge in [-0.3, -0.25) is 9.59 Å². The molecule has 1 heterocycles. The number of fused-ring (bicyclic) bond motifs is 1. The van der Waals surface area contributed by atoms with Gasteiger partial charge in [0, 0.05) is 18.7 Å². The van der Waals surface area contributed by atoms with Gasteiger partial charge in [0.05, 0.1) is 27.7 Å². The number of amides is 2. The van der Waals surface area contributed by atoms with Crippen molar-refractivity contribution < 1.29 is 9.59 Å². The third-order valence-electron chi connectivity index (χ3n) is 6.08. The predicted octanol–water partition coefficient (Wildman–Crippen LogP) is 5.37. The van der Waals surface area contributed by atoms with Crippen molar-refractivity contribution in [3.63, 3.8) is 0 Å². The number of nitrogens with one attached hydrogen (secondary N) is 1. The van der Waals surface area contributed by atoms with Gasteiger partial charge in [-0.25, -0.2) is 4.98 Å². The fourth-order valence-electron chi connectivity index (χ4n) is 4.54. The summed E-state index contributed by atoms with van der Waals surface area (Å²) in [7, 11) is 1.71. The van der Waals surface area contributed by atoms with Gasteiger partial charge in [-0.1, -0.05) is 42.0 Å². The molecule has 2 amide bonds. The molecule has 0 saturated carbocycles. The number of hydrogen-bond donors (Lipinski definition) is 1. The molecule has 0 unspecified atom stereocenters. The number of aryl methyl sites for hydroxylation is 3. The van der Waals surface area contributed by atoms with E-state index in [-0.39, 0.29) is 30.2 Å². The number of nitrogens with zero attached hydrogens (tertiary/aromatic N) is 2. The first-order chi connectivity index (χ1) is 15.3. The van der Waals surface area contributed by atoms with E-state index in [4.69, 9.17) is 4.98 Å². The summed E-state index contributed by atoms with van der Waals surface area (Å²) in [6.07, 6.45) is 5.66. The van der Waals surface area contributed by atoms with E-state index in [1.807, 2.05) is 39.0 Å². The molecule has 1 aliphatic carbocycles. The highest BCUT2D eigenvalue weighted by Gasteiger charge is 2.34. The Kier molecular flexibility index (Phi) is 6.42. The molecule has 0 spiro atoms. The van der Waals surface area contributed by atoms with E-state index in [1.54, 1.807) is 23.3 Å². The molecule has 6 heteroatoms. The molecule has 2 atom stereocenters. The molecule has 0 saturated heterocycles. The van der Waals surface area contributed by atoms with Crippen molar-refractivity contribution in [3.8, 4) is 0 Å². The van der Waals surface area contributed by atoms with E-state index in [9.17, 15) is 9.59 Å². The lowest BCUT2D eigenvalue weighted by atomic mass is 9.82. The number of likely N-dealkylation sites (N-methyl/N-ethyl adjacent to an activating group) is 1. The largest absolute Gasteiger partial charge is 0.336 e. The number of thiazole rings is 1.